The quantitative estimate of drug-likeness (QED) is 0.598. The molecule has 0 fully saturated rings. The van der Waals surface area contributed by atoms with E-state index in [0.29, 0.717) is 17.4 Å². The van der Waals surface area contributed by atoms with Gasteiger partial charge in [-0.05, 0) is 54.7 Å². The van der Waals surface area contributed by atoms with E-state index < -0.39 is 0 Å². The molecule has 26 heavy (non-hydrogen) atoms. The summed E-state index contributed by atoms with van der Waals surface area (Å²) in [6.45, 7) is 0.561. The Hall–Kier alpha value is -2.32. The Morgan fingerprint density at radius 1 is 1.23 bits per heavy atom. The number of anilines is 2. The Labute approximate surface area is 159 Å². The van der Waals surface area contributed by atoms with Gasteiger partial charge in [0, 0.05) is 5.69 Å². The molecule has 1 amide bonds. The highest BCUT2D eigenvalue weighted by Crippen LogP contribution is 2.27. The lowest BCUT2D eigenvalue weighted by Gasteiger charge is -2.06. The third-order valence-electron chi connectivity index (χ3n) is 4.11. The summed E-state index contributed by atoms with van der Waals surface area (Å²) >= 11 is 2.81. The fourth-order valence-corrected chi connectivity index (χ4v) is 4.44. The first-order chi connectivity index (χ1) is 12.8. The molecule has 0 saturated carbocycles. The van der Waals surface area contributed by atoms with Crippen molar-refractivity contribution in [2.24, 2.45) is 0 Å². The van der Waals surface area contributed by atoms with Gasteiger partial charge >= 0.3 is 0 Å². The number of nitrogens with one attached hydrogen (secondary N) is 2. The van der Waals surface area contributed by atoms with Crippen LogP contribution in [0.4, 0.5) is 10.8 Å². The Balaban J connectivity index is 1.25. The van der Waals surface area contributed by atoms with Crippen LogP contribution in [0.2, 0.25) is 0 Å². The molecule has 6 nitrogen and oxygen atoms in total. The van der Waals surface area contributed by atoms with Gasteiger partial charge in [0.05, 0.1) is 18.6 Å². The van der Waals surface area contributed by atoms with E-state index >= 15 is 0 Å². The highest BCUT2D eigenvalue weighted by molar-refractivity contribution is 8.01. The van der Waals surface area contributed by atoms with Gasteiger partial charge in [0.25, 0.3) is 0 Å². The normalized spacial score (nSPS) is 12.8. The summed E-state index contributed by atoms with van der Waals surface area (Å²) in [6, 6.07) is 9.93. The Bertz CT molecular complexity index is 892. The van der Waals surface area contributed by atoms with Gasteiger partial charge in [-0.15, -0.1) is 10.2 Å². The van der Waals surface area contributed by atoms with E-state index in [1.54, 1.807) is 6.26 Å². The molecule has 0 radical (unpaired) electrons. The number of carbonyl (C=O) groups excluding carboxylic acids is 1. The van der Waals surface area contributed by atoms with Crippen molar-refractivity contribution in [1.82, 2.24) is 10.2 Å². The van der Waals surface area contributed by atoms with Crippen molar-refractivity contribution in [3.8, 4) is 0 Å². The monoisotopic (exact) mass is 386 g/mol. The van der Waals surface area contributed by atoms with E-state index in [4.69, 9.17) is 4.42 Å². The standard InChI is InChI=1S/C18H18N4O2S2/c23-16(20-14-7-6-12-3-1-4-13(12)9-14)11-25-18-22-21-17(26-18)19-10-15-5-2-8-24-15/h2,5-9H,1,3-4,10-11H2,(H,19,21)(H,20,23). The number of aromatic nitrogens is 2. The van der Waals surface area contributed by atoms with Gasteiger partial charge in [-0.1, -0.05) is 29.2 Å². The third-order valence-corrected chi connectivity index (χ3v) is 6.12. The van der Waals surface area contributed by atoms with Gasteiger partial charge in [0.15, 0.2) is 4.34 Å². The summed E-state index contributed by atoms with van der Waals surface area (Å²) in [5, 5.41) is 15.0. The predicted molar refractivity (Wildman–Crippen MR) is 104 cm³/mol. The van der Waals surface area contributed by atoms with Crippen molar-refractivity contribution in [2.75, 3.05) is 16.4 Å². The largest absolute Gasteiger partial charge is 0.467 e. The number of nitrogens with zero attached hydrogens (tertiary/aromatic N) is 2. The summed E-state index contributed by atoms with van der Waals surface area (Å²) in [5.41, 5.74) is 3.63. The van der Waals surface area contributed by atoms with Crippen LogP contribution >= 0.6 is 23.1 Å². The molecule has 3 aromatic rings. The molecular formula is C18H18N4O2S2. The van der Waals surface area contributed by atoms with Gasteiger partial charge in [0.2, 0.25) is 11.0 Å². The minimum atomic E-state index is -0.0340. The highest BCUT2D eigenvalue weighted by atomic mass is 32.2. The van der Waals surface area contributed by atoms with Crippen LogP contribution in [0.15, 0.2) is 45.4 Å². The second-order valence-corrected chi connectivity index (χ2v) is 8.18. The van der Waals surface area contributed by atoms with Gasteiger partial charge in [0.1, 0.15) is 5.76 Å². The van der Waals surface area contributed by atoms with Crippen LogP contribution < -0.4 is 10.6 Å². The van der Waals surface area contributed by atoms with Gasteiger partial charge in [-0.2, -0.15) is 0 Å². The maximum Gasteiger partial charge on any atom is 0.234 e. The minimum absolute atomic E-state index is 0.0340. The van der Waals surface area contributed by atoms with E-state index in [-0.39, 0.29) is 5.91 Å². The average molecular weight is 387 g/mol. The van der Waals surface area contributed by atoms with Crippen LogP contribution in [0.1, 0.15) is 23.3 Å². The molecule has 134 valence electrons. The molecule has 1 aromatic carbocycles. The van der Waals surface area contributed by atoms with E-state index in [2.05, 4.69) is 33.0 Å². The molecule has 1 aliphatic carbocycles. The summed E-state index contributed by atoms with van der Waals surface area (Å²) < 4.78 is 6.02. The molecule has 0 aliphatic heterocycles. The zero-order valence-electron chi connectivity index (χ0n) is 14.0. The molecule has 0 unspecified atom stereocenters. The first-order valence-corrected chi connectivity index (χ1v) is 10.2. The number of amides is 1. The minimum Gasteiger partial charge on any atom is -0.467 e. The second-order valence-electron chi connectivity index (χ2n) is 5.98. The molecule has 0 atom stereocenters. The van der Waals surface area contributed by atoms with Gasteiger partial charge < -0.3 is 15.1 Å². The van der Waals surface area contributed by atoms with Gasteiger partial charge in [-0.3, -0.25) is 4.79 Å². The number of fused-ring (bicyclic) bond motifs is 1. The molecule has 2 aromatic heterocycles. The zero-order valence-corrected chi connectivity index (χ0v) is 15.7. The molecule has 1 aliphatic rings. The third kappa shape index (κ3) is 4.25. The van der Waals surface area contributed by atoms with Crippen molar-refractivity contribution < 1.29 is 9.21 Å². The first kappa shape index (κ1) is 17.1. The molecule has 0 saturated heterocycles. The van der Waals surface area contributed by atoms with E-state index in [1.807, 2.05) is 18.2 Å². The van der Waals surface area contributed by atoms with Crippen molar-refractivity contribution in [3.05, 3.63) is 53.5 Å². The molecule has 4 rings (SSSR count). The molecule has 0 bridgehead atoms. The Morgan fingerprint density at radius 2 is 2.15 bits per heavy atom. The number of aryl methyl sites for hydroxylation is 2. The topological polar surface area (TPSA) is 80.1 Å². The number of carbonyl (C=O) groups is 1. The van der Waals surface area contributed by atoms with E-state index in [1.165, 1.54) is 40.6 Å². The fourth-order valence-electron chi connectivity index (χ4n) is 2.89. The predicted octanol–water partition coefficient (Wildman–Crippen LogP) is 3.96. The lowest BCUT2D eigenvalue weighted by molar-refractivity contribution is -0.113. The zero-order chi connectivity index (χ0) is 17.8. The maximum atomic E-state index is 12.2. The molecule has 2 N–H and O–H groups in total. The summed E-state index contributed by atoms with van der Waals surface area (Å²) in [6.07, 6.45) is 5.09. The lowest BCUT2D eigenvalue weighted by Crippen LogP contribution is -2.14. The number of benzene rings is 1. The van der Waals surface area contributed by atoms with Crippen molar-refractivity contribution in [2.45, 2.75) is 30.1 Å². The summed E-state index contributed by atoms with van der Waals surface area (Å²) in [7, 11) is 0. The van der Waals surface area contributed by atoms with E-state index in [0.717, 1.165) is 28.6 Å². The average Bonchev–Trinajstić information content (AvgIpc) is 3.38. The van der Waals surface area contributed by atoms with Gasteiger partial charge in [-0.25, -0.2) is 0 Å². The Morgan fingerprint density at radius 3 is 3.04 bits per heavy atom. The molecule has 8 heteroatoms. The molecule has 0 spiro atoms. The van der Waals surface area contributed by atoms with Crippen LogP contribution in [0.3, 0.4) is 0 Å². The van der Waals surface area contributed by atoms with Crippen LogP contribution in [-0.4, -0.2) is 21.9 Å². The SMILES string of the molecule is O=C(CSc1nnc(NCc2ccco2)s1)Nc1ccc2c(c1)CCC2. The number of rotatable bonds is 7. The van der Waals surface area contributed by atoms with Crippen molar-refractivity contribution >= 4 is 39.8 Å². The Kier molecular flexibility index (Phi) is 5.21. The van der Waals surface area contributed by atoms with Crippen LogP contribution in [0.5, 0.6) is 0 Å². The number of thioether (sulfide) groups is 1. The van der Waals surface area contributed by atoms with Crippen LogP contribution in [0, 0.1) is 0 Å². The lowest BCUT2D eigenvalue weighted by atomic mass is 10.1. The van der Waals surface area contributed by atoms with Crippen molar-refractivity contribution in [3.63, 3.8) is 0 Å². The van der Waals surface area contributed by atoms with Crippen LogP contribution in [0.25, 0.3) is 0 Å². The summed E-state index contributed by atoms with van der Waals surface area (Å²) in [5.74, 6) is 1.11. The number of hydrogen-bond donors (Lipinski definition) is 2. The number of furan rings is 1. The smallest absolute Gasteiger partial charge is 0.234 e. The molecule has 2 heterocycles. The highest BCUT2D eigenvalue weighted by Gasteiger charge is 2.13. The van der Waals surface area contributed by atoms with Crippen LogP contribution in [-0.2, 0) is 24.2 Å². The van der Waals surface area contributed by atoms with Crippen molar-refractivity contribution in [1.29, 1.82) is 0 Å². The maximum absolute atomic E-state index is 12.2. The summed E-state index contributed by atoms with van der Waals surface area (Å²) in [4.78, 5) is 12.2. The first-order valence-electron chi connectivity index (χ1n) is 8.40. The second kappa shape index (κ2) is 7.92. The molecular weight excluding hydrogens is 368 g/mol. The fraction of sp³-hybridized carbons (Fsp3) is 0.278. The van der Waals surface area contributed by atoms with E-state index in [9.17, 15) is 4.79 Å². The number of hydrogen-bond acceptors (Lipinski definition) is 7.